The highest BCUT2D eigenvalue weighted by Gasteiger charge is 2.39. The summed E-state index contributed by atoms with van der Waals surface area (Å²) in [4.78, 5) is 2.05. The number of hydrogen-bond acceptors (Lipinski definition) is 3. The van der Waals surface area contributed by atoms with Crippen molar-refractivity contribution in [3.8, 4) is 0 Å². The molecule has 9 heteroatoms. The molecule has 3 atom stereocenters. The molecule has 0 aliphatic carbocycles. The van der Waals surface area contributed by atoms with E-state index in [9.17, 15) is 26.3 Å². The van der Waals surface area contributed by atoms with Gasteiger partial charge in [-0.15, -0.1) is 6.58 Å². The van der Waals surface area contributed by atoms with Crippen molar-refractivity contribution in [2.45, 2.75) is 44.3 Å². The fourth-order valence-electron chi connectivity index (χ4n) is 3.75. The molecule has 1 saturated heterocycles. The number of morpholine rings is 1. The van der Waals surface area contributed by atoms with E-state index in [1.54, 1.807) is 6.08 Å². The van der Waals surface area contributed by atoms with Crippen molar-refractivity contribution in [2.24, 2.45) is 0 Å². The van der Waals surface area contributed by atoms with Crippen molar-refractivity contribution in [2.75, 3.05) is 13.1 Å². The molecule has 0 N–H and O–H groups in total. The van der Waals surface area contributed by atoms with Gasteiger partial charge in [0.15, 0.2) is 6.29 Å². The molecule has 1 fully saturated rings. The van der Waals surface area contributed by atoms with Crippen LogP contribution in [0.1, 0.15) is 35.2 Å². The molecule has 0 aromatic heterocycles. The highest BCUT2D eigenvalue weighted by Crippen LogP contribution is 2.37. The predicted octanol–water partition coefficient (Wildman–Crippen LogP) is 6.21. The van der Waals surface area contributed by atoms with Gasteiger partial charge in [0.05, 0.1) is 29.9 Å². The molecule has 1 aliphatic heterocycles. The van der Waals surface area contributed by atoms with Crippen molar-refractivity contribution in [3.63, 3.8) is 0 Å². The Hall–Kier alpha value is -2.36. The zero-order chi connectivity index (χ0) is 23.5. The van der Waals surface area contributed by atoms with Crippen LogP contribution in [0.5, 0.6) is 0 Å². The maximum Gasteiger partial charge on any atom is 0.416 e. The number of alkyl halides is 6. The third-order valence-electron chi connectivity index (χ3n) is 5.08. The number of halogens is 6. The van der Waals surface area contributed by atoms with Crippen LogP contribution in [0.3, 0.4) is 0 Å². The smallest absolute Gasteiger partial charge is 0.346 e. The Balaban J connectivity index is 1.90. The first-order chi connectivity index (χ1) is 15.0. The van der Waals surface area contributed by atoms with E-state index in [-0.39, 0.29) is 17.7 Å². The van der Waals surface area contributed by atoms with E-state index in [4.69, 9.17) is 9.47 Å². The Morgan fingerprint density at radius 3 is 2.16 bits per heavy atom. The molecule has 0 bridgehead atoms. The van der Waals surface area contributed by atoms with Gasteiger partial charge < -0.3 is 9.47 Å². The van der Waals surface area contributed by atoms with Crippen LogP contribution in [0, 0.1) is 0 Å². The molecule has 0 radical (unpaired) electrons. The van der Waals surface area contributed by atoms with Gasteiger partial charge in [0.25, 0.3) is 0 Å². The summed E-state index contributed by atoms with van der Waals surface area (Å²) in [5.74, 6) is 0. The molecule has 3 rings (SSSR count). The minimum atomic E-state index is -4.92. The largest absolute Gasteiger partial charge is 0.416 e. The third kappa shape index (κ3) is 5.90. The van der Waals surface area contributed by atoms with Crippen LogP contribution in [0.15, 0.2) is 61.2 Å². The highest BCUT2D eigenvalue weighted by molar-refractivity contribution is 5.33. The normalized spacial score (nSPS) is 22.7. The van der Waals surface area contributed by atoms with E-state index in [0.29, 0.717) is 25.2 Å². The lowest BCUT2D eigenvalue weighted by Crippen LogP contribution is -2.49. The van der Waals surface area contributed by atoms with Crippen molar-refractivity contribution in [1.82, 2.24) is 4.90 Å². The first kappa shape index (κ1) is 24.3. The van der Waals surface area contributed by atoms with Crippen molar-refractivity contribution in [3.05, 3.63) is 83.4 Å². The second kappa shape index (κ2) is 9.64. The maximum atomic E-state index is 13.2. The minimum Gasteiger partial charge on any atom is -0.346 e. The molecule has 2 aromatic rings. The Labute approximate surface area is 182 Å². The molecule has 0 unspecified atom stereocenters. The van der Waals surface area contributed by atoms with Gasteiger partial charge in [0.2, 0.25) is 0 Å². The number of ether oxygens (including phenoxy) is 2. The standard InChI is InChI=1S/C23H23F6NO2/c1-3-9-30-13-15(2)32-21(20(30)17-7-5-4-6-8-17)31-14-16-10-18(22(24,25)26)12-19(11-16)23(27,28)29/h3-8,10-12,15,20-21H,1,9,13-14H2,2H3/t15-,20+,21-/m1/s1. The van der Waals surface area contributed by atoms with E-state index in [2.05, 4.69) is 11.5 Å². The minimum absolute atomic E-state index is 0.0985. The second-order valence-electron chi connectivity index (χ2n) is 7.64. The second-order valence-corrected chi connectivity index (χ2v) is 7.64. The number of rotatable bonds is 6. The van der Waals surface area contributed by atoms with E-state index in [0.717, 1.165) is 5.56 Å². The lowest BCUT2D eigenvalue weighted by molar-refractivity contribution is -0.239. The Morgan fingerprint density at radius 1 is 1.03 bits per heavy atom. The fourth-order valence-corrected chi connectivity index (χ4v) is 3.75. The summed E-state index contributed by atoms with van der Waals surface area (Å²) in [7, 11) is 0. The molecule has 1 heterocycles. The Morgan fingerprint density at radius 2 is 1.62 bits per heavy atom. The highest BCUT2D eigenvalue weighted by atomic mass is 19.4. The first-order valence-corrected chi connectivity index (χ1v) is 9.94. The monoisotopic (exact) mass is 459 g/mol. The molecule has 0 spiro atoms. The van der Waals surface area contributed by atoms with Crippen LogP contribution in [0.4, 0.5) is 26.3 Å². The molecule has 2 aromatic carbocycles. The van der Waals surface area contributed by atoms with E-state index in [1.165, 1.54) is 0 Å². The van der Waals surface area contributed by atoms with Gasteiger partial charge in [-0.3, -0.25) is 4.90 Å². The van der Waals surface area contributed by atoms with Crippen molar-refractivity contribution >= 4 is 0 Å². The molecule has 0 saturated carbocycles. The molecular formula is C23H23F6NO2. The van der Waals surface area contributed by atoms with Gasteiger partial charge in [0, 0.05) is 13.1 Å². The van der Waals surface area contributed by atoms with Crippen LogP contribution < -0.4 is 0 Å². The lowest BCUT2D eigenvalue weighted by atomic mass is 10.0. The summed E-state index contributed by atoms with van der Waals surface area (Å²) in [6.45, 7) is 6.17. The summed E-state index contributed by atoms with van der Waals surface area (Å²) in [6, 6.07) is 10.3. The predicted molar refractivity (Wildman–Crippen MR) is 107 cm³/mol. The lowest BCUT2D eigenvalue weighted by Gasteiger charge is -2.43. The summed E-state index contributed by atoms with van der Waals surface area (Å²) in [5.41, 5.74) is -2.14. The van der Waals surface area contributed by atoms with E-state index >= 15 is 0 Å². The van der Waals surface area contributed by atoms with Crippen molar-refractivity contribution in [1.29, 1.82) is 0 Å². The van der Waals surface area contributed by atoms with E-state index < -0.39 is 42.4 Å². The van der Waals surface area contributed by atoms with Crippen LogP contribution in [-0.4, -0.2) is 30.4 Å². The molecule has 3 nitrogen and oxygen atoms in total. The zero-order valence-corrected chi connectivity index (χ0v) is 17.3. The molecule has 1 aliphatic rings. The van der Waals surface area contributed by atoms with Crippen LogP contribution >= 0.6 is 0 Å². The quantitative estimate of drug-likeness (QED) is 0.379. The number of benzene rings is 2. The topological polar surface area (TPSA) is 21.7 Å². The summed E-state index contributed by atoms with van der Waals surface area (Å²) in [6.07, 6.45) is -9.27. The molecule has 0 amide bonds. The van der Waals surface area contributed by atoms with Gasteiger partial charge in [-0.1, -0.05) is 36.4 Å². The molecular weight excluding hydrogens is 436 g/mol. The number of nitrogens with zero attached hydrogens (tertiary/aromatic N) is 1. The third-order valence-corrected chi connectivity index (χ3v) is 5.08. The van der Waals surface area contributed by atoms with Gasteiger partial charge >= 0.3 is 12.4 Å². The van der Waals surface area contributed by atoms with Crippen LogP contribution in [0.2, 0.25) is 0 Å². The van der Waals surface area contributed by atoms with E-state index in [1.807, 2.05) is 37.3 Å². The first-order valence-electron chi connectivity index (χ1n) is 9.94. The van der Waals surface area contributed by atoms with Gasteiger partial charge in [-0.2, -0.15) is 26.3 Å². The van der Waals surface area contributed by atoms with Gasteiger partial charge in [0.1, 0.15) is 0 Å². The fraction of sp³-hybridized carbons (Fsp3) is 0.391. The molecule has 32 heavy (non-hydrogen) atoms. The average molecular weight is 459 g/mol. The summed E-state index contributed by atoms with van der Waals surface area (Å²) in [5, 5.41) is 0. The average Bonchev–Trinajstić information content (AvgIpc) is 2.71. The zero-order valence-electron chi connectivity index (χ0n) is 17.3. The summed E-state index contributed by atoms with van der Waals surface area (Å²) >= 11 is 0. The Kier molecular flexibility index (Phi) is 7.32. The van der Waals surface area contributed by atoms with Crippen LogP contribution in [0.25, 0.3) is 0 Å². The van der Waals surface area contributed by atoms with Crippen LogP contribution in [-0.2, 0) is 28.4 Å². The Bertz CT molecular complexity index is 881. The number of hydrogen-bond donors (Lipinski definition) is 0. The van der Waals surface area contributed by atoms with Crippen molar-refractivity contribution < 1.29 is 35.8 Å². The SMILES string of the molecule is C=CCN1C[C@@H](C)O[C@@H](OCc2cc(C(F)(F)F)cc(C(F)(F)F)c2)[C@@H]1c1ccccc1. The van der Waals surface area contributed by atoms with Gasteiger partial charge in [-0.05, 0) is 36.2 Å². The summed E-state index contributed by atoms with van der Waals surface area (Å²) < 4.78 is 90.6. The van der Waals surface area contributed by atoms with Gasteiger partial charge in [-0.25, -0.2) is 0 Å². The maximum absolute atomic E-state index is 13.2. The molecule has 174 valence electrons.